The maximum absolute atomic E-state index is 10.6. The van der Waals surface area contributed by atoms with Gasteiger partial charge in [-0.1, -0.05) is 96.8 Å². The second-order valence-corrected chi connectivity index (χ2v) is 7.01. The Labute approximate surface area is 151 Å². The zero-order valence-corrected chi connectivity index (χ0v) is 16.7. The molecule has 0 saturated heterocycles. The number of nitrogens with zero attached hydrogens (tertiary/aromatic N) is 1. The molecule has 0 saturated carbocycles. The number of carbonyl (C=O) groups is 1. The molecule has 0 spiro atoms. The molecule has 0 fully saturated rings. The lowest BCUT2D eigenvalue weighted by Crippen LogP contribution is -2.09. The van der Waals surface area contributed by atoms with E-state index in [4.69, 9.17) is 10.9 Å². The van der Waals surface area contributed by atoms with Gasteiger partial charge in [0.15, 0.2) is 0 Å². The summed E-state index contributed by atoms with van der Waals surface area (Å²) >= 11 is 0. The minimum atomic E-state index is -0.153. The van der Waals surface area contributed by atoms with E-state index in [0.29, 0.717) is 6.42 Å². The van der Waals surface area contributed by atoms with E-state index in [9.17, 15) is 4.79 Å². The summed E-state index contributed by atoms with van der Waals surface area (Å²) in [4.78, 5) is 10.6. The molecule has 0 aromatic heterocycles. The average molecular weight is 345 g/mol. The number of hydroxylamine groups is 2. The second-order valence-electron chi connectivity index (χ2n) is 7.01. The van der Waals surface area contributed by atoms with E-state index in [0.717, 1.165) is 11.5 Å². The van der Waals surface area contributed by atoms with E-state index in [1.807, 2.05) is 0 Å². The number of hydrogen-bond donors (Lipinski definition) is 2. The molecular formula is C20H44N2O2. The van der Waals surface area contributed by atoms with Gasteiger partial charge < -0.3 is 10.9 Å². The van der Waals surface area contributed by atoms with Crippen molar-refractivity contribution < 1.29 is 10.0 Å². The Morgan fingerprint density at radius 2 is 0.958 bits per heavy atom. The SMILES string of the molecule is CCCCCCCCCCCCCCCCCC(N)=O.CN(C)O. The van der Waals surface area contributed by atoms with E-state index >= 15 is 0 Å². The summed E-state index contributed by atoms with van der Waals surface area (Å²) in [7, 11) is 3.11. The van der Waals surface area contributed by atoms with Gasteiger partial charge in [-0.15, -0.1) is 0 Å². The van der Waals surface area contributed by atoms with Crippen molar-refractivity contribution in [2.45, 2.75) is 110 Å². The Morgan fingerprint density at radius 1 is 0.708 bits per heavy atom. The van der Waals surface area contributed by atoms with E-state index in [-0.39, 0.29) is 5.91 Å². The fraction of sp³-hybridized carbons (Fsp3) is 0.950. The number of hydrogen-bond acceptors (Lipinski definition) is 3. The monoisotopic (exact) mass is 344 g/mol. The topological polar surface area (TPSA) is 66.6 Å². The van der Waals surface area contributed by atoms with Crippen LogP contribution in [0.3, 0.4) is 0 Å². The first-order valence-electron chi connectivity index (χ1n) is 10.1. The van der Waals surface area contributed by atoms with Crippen LogP contribution >= 0.6 is 0 Å². The number of amides is 1. The highest BCUT2D eigenvalue weighted by Gasteiger charge is 1.96. The summed E-state index contributed by atoms with van der Waals surface area (Å²) in [5.74, 6) is -0.153. The van der Waals surface area contributed by atoms with Crippen LogP contribution in [-0.4, -0.2) is 30.3 Å². The van der Waals surface area contributed by atoms with E-state index in [1.54, 1.807) is 14.1 Å². The Hall–Kier alpha value is -0.610. The first-order valence-corrected chi connectivity index (χ1v) is 10.1. The Morgan fingerprint density at radius 3 is 1.21 bits per heavy atom. The fourth-order valence-electron chi connectivity index (χ4n) is 2.67. The van der Waals surface area contributed by atoms with Crippen molar-refractivity contribution in [1.29, 1.82) is 0 Å². The molecule has 146 valence electrons. The van der Waals surface area contributed by atoms with Crippen molar-refractivity contribution >= 4 is 5.91 Å². The second kappa shape index (κ2) is 22.4. The lowest BCUT2D eigenvalue weighted by molar-refractivity contribution is -0.118. The maximum Gasteiger partial charge on any atom is 0.217 e. The van der Waals surface area contributed by atoms with E-state index < -0.39 is 0 Å². The van der Waals surface area contributed by atoms with Crippen LogP contribution in [0.1, 0.15) is 110 Å². The molecule has 0 aliphatic heterocycles. The first-order chi connectivity index (χ1) is 11.5. The Balaban J connectivity index is 0. The minimum absolute atomic E-state index is 0.153. The van der Waals surface area contributed by atoms with Gasteiger partial charge in [-0.05, 0) is 6.42 Å². The van der Waals surface area contributed by atoms with Gasteiger partial charge in [-0.25, -0.2) is 0 Å². The van der Waals surface area contributed by atoms with Gasteiger partial charge in [0.1, 0.15) is 0 Å². The van der Waals surface area contributed by atoms with Crippen molar-refractivity contribution in [3.05, 3.63) is 0 Å². The van der Waals surface area contributed by atoms with E-state index in [2.05, 4.69) is 6.92 Å². The van der Waals surface area contributed by atoms with Crippen LogP contribution < -0.4 is 5.73 Å². The molecule has 0 bridgehead atoms. The molecule has 4 heteroatoms. The fourth-order valence-corrected chi connectivity index (χ4v) is 2.67. The summed E-state index contributed by atoms with van der Waals surface area (Å²) < 4.78 is 0. The van der Waals surface area contributed by atoms with Crippen molar-refractivity contribution in [3.63, 3.8) is 0 Å². The molecule has 4 nitrogen and oxygen atoms in total. The van der Waals surface area contributed by atoms with Crippen LogP contribution in [0.5, 0.6) is 0 Å². The van der Waals surface area contributed by atoms with Gasteiger partial charge in [0.2, 0.25) is 5.91 Å². The molecule has 0 aromatic rings. The standard InChI is InChI=1S/C18H37NO.C2H7NO/c1-2-3-4-5-6-7-8-9-10-11-12-13-14-15-16-17-18(19)20;1-3(2)4/h2-17H2,1H3,(H2,19,20);4H,1-2H3. The number of nitrogens with two attached hydrogens (primary N) is 1. The molecule has 0 rings (SSSR count). The number of rotatable bonds is 16. The molecule has 0 aromatic carbocycles. The molecule has 3 N–H and O–H groups in total. The summed E-state index contributed by atoms with van der Waals surface area (Å²) in [5, 5.41) is 8.89. The molecule has 0 unspecified atom stereocenters. The smallest absolute Gasteiger partial charge is 0.217 e. The molecular weight excluding hydrogens is 300 g/mol. The van der Waals surface area contributed by atoms with Crippen LogP contribution in [0.15, 0.2) is 0 Å². The summed E-state index contributed by atoms with van der Waals surface area (Å²) in [5.41, 5.74) is 5.11. The molecule has 0 atom stereocenters. The third kappa shape index (κ3) is 33.1. The van der Waals surface area contributed by atoms with Gasteiger partial charge in [0.05, 0.1) is 0 Å². The van der Waals surface area contributed by atoms with Gasteiger partial charge >= 0.3 is 0 Å². The lowest BCUT2D eigenvalue weighted by Gasteiger charge is -2.03. The first kappa shape index (κ1) is 25.6. The van der Waals surface area contributed by atoms with Crippen molar-refractivity contribution in [3.8, 4) is 0 Å². The highest BCUT2D eigenvalue weighted by molar-refractivity contribution is 5.73. The lowest BCUT2D eigenvalue weighted by atomic mass is 10.0. The van der Waals surface area contributed by atoms with Gasteiger partial charge in [0, 0.05) is 20.5 Å². The molecule has 0 aliphatic rings. The zero-order chi connectivity index (χ0) is 18.5. The number of unbranched alkanes of at least 4 members (excludes halogenated alkanes) is 14. The van der Waals surface area contributed by atoms with Crippen molar-refractivity contribution in [2.75, 3.05) is 14.1 Å². The highest BCUT2D eigenvalue weighted by Crippen LogP contribution is 2.13. The van der Waals surface area contributed by atoms with Crippen LogP contribution in [0.2, 0.25) is 0 Å². The molecule has 0 heterocycles. The number of carbonyl (C=O) groups excluding carboxylic acids is 1. The Kier molecular flexibility index (Phi) is 23.9. The van der Waals surface area contributed by atoms with E-state index in [1.165, 1.54) is 89.9 Å². The predicted octanol–water partition coefficient (Wildman–Crippen LogP) is 5.67. The molecule has 1 amide bonds. The number of primary amides is 1. The summed E-state index contributed by atoms with van der Waals surface area (Å²) in [6.45, 7) is 2.28. The maximum atomic E-state index is 10.6. The van der Waals surface area contributed by atoms with Crippen molar-refractivity contribution in [2.24, 2.45) is 5.73 Å². The largest absolute Gasteiger partial charge is 0.370 e. The van der Waals surface area contributed by atoms with Crippen LogP contribution in [-0.2, 0) is 4.79 Å². The van der Waals surface area contributed by atoms with Crippen LogP contribution in [0.25, 0.3) is 0 Å². The normalized spacial score (nSPS) is 10.5. The zero-order valence-electron chi connectivity index (χ0n) is 16.7. The van der Waals surface area contributed by atoms with Crippen LogP contribution in [0, 0.1) is 0 Å². The van der Waals surface area contributed by atoms with Gasteiger partial charge in [0.25, 0.3) is 0 Å². The summed E-state index contributed by atoms with van der Waals surface area (Å²) in [6, 6.07) is 0. The third-order valence-electron chi connectivity index (χ3n) is 4.03. The molecule has 24 heavy (non-hydrogen) atoms. The van der Waals surface area contributed by atoms with Crippen molar-refractivity contribution in [1.82, 2.24) is 5.06 Å². The quantitative estimate of drug-likeness (QED) is 0.280. The van der Waals surface area contributed by atoms with Gasteiger partial charge in [-0.3, -0.25) is 4.79 Å². The molecule has 0 aliphatic carbocycles. The Bertz CT molecular complexity index is 243. The van der Waals surface area contributed by atoms with Gasteiger partial charge in [-0.2, -0.15) is 5.06 Å². The average Bonchev–Trinajstić information content (AvgIpc) is 2.50. The third-order valence-corrected chi connectivity index (χ3v) is 4.03. The summed E-state index contributed by atoms with van der Waals surface area (Å²) in [6.07, 6.45) is 20.9. The minimum Gasteiger partial charge on any atom is -0.370 e. The molecule has 0 radical (unpaired) electrons. The predicted molar refractivity (Wildman–Crippen MR) is 104 cm³/mol. The highest BCUT2D eigenvalue weighted by atomic mass is 16.5. The van der Waals surface area contributed by atoms with Crippen LogP contribution in [0.4, 0.5) is 0 Å².